The van der Waals surface area contributed by atoms with Crippen LogP contribution in [0.2, 0.25) is 0 Å². The third-order valence-electron chi connectivity index (χ3n) is 11.9. The lowest BCUT2D eigenvalue weighted by Crippen LogP contribution is -2.65. The topological polar surface area (TPSA) is 38.7 Å². The highest BCUT2D eigenvalue weighted by molar-refractivity contribution is 5.27. The molecule has 9 atom stereocenters. The van der Waals surface area contributed by atoms with Gasteiger partial charge in [-0.15, -0.1) is 0 Å². The number of allylic oxidation sites excluding steroid dienone is 1. The highest BCUT2D eigenvalue weighted by Gasteiger charge is 2.62. The molecule has 0 aromatic carbocycles. The molecule has 0 bridgehead atoms. The van der Waals surface area contributed by atoms with Crippen molar-refractivity contribution in [2.75, 3.05) is 13.2 Å². The molecule has 0 radical (unpaired) electrons. The predicted molar refractivity (Wildman–Crippen MR) is 123 cm³/mol. The molecule has 2 saturated heterocycles. The van der Waals surface area contributed by atoms with Crippen LogP contribution in [0, 0.1) is 40.4 Å². The van der Waals surface area contributed by atoms with Gasteiger partial charge >= 0.3 is 0 Å². The summed E-state index contributed by atoms with van der Waals surface area (Å²) in [6.45, 7) is 11.5. The molecule has 31 heavy (non-hydrogen) atoms. The van der Waals surface area contributed by atoms with E-state index in [-0.39, 0.29) is 5.60 Å². The van der Waals surface area contributed by atoms with E-state index in [1.165, 1.54) is 44.9 Å². The van der Waals surface area contributed by atoms with E-state index in [0.717, 1.165) is 56.1 Å². The van der Waals surface area contributed by atoms with Crippen molar-refractivity contribution in [1.29, 1.82) is 0 Å². The summed E-state index contributed by atoms with van der Waals surface area (Å²) in [5, 5.41) is 11.0. The normalized spacial score (nSPS) is 53.5. The van der Waals surface area contributed by atoms with Crippen LogP contribution in [0.4, 0.5) is 0 Å². The van der Waals surface area contributed by atoms with E-state index in [1.807, 2.05) is 0 Å². The van der Waals surface area contributed by atoms with E-state index in [1.54, 1.807) is 5.57 Å². The monoisotopic (exact) mass is 428 g/mol. The minimum Gasteiger partial charge on any atom is -0.390 e. The van der Waals surface area contributed by atoms with Gasteiger partial charge in [0.25, 0.3) is 0 Å². The Kier molecular flexibility index (Phi) is 4.66. The van der Waals surface area contributed by atoms with Crippen molar-refractivity contribution in [2.24, 2.45) is 40.4 Å². The van der Waals surface area contributed by atoms with Gasteiger partial charge in [-0.1, -0.05) is 39.3 Å². The summed E-state index contributed by atoms with van der Waals surface area (Å²) in [5.74, 6) is 4.05. The summed E-state index contributed by atoms with van der Waals surface area (Å²) in [6, 6.07) is 0. The molecule has 2 aliphatic heterocycles. The Hall–Kier alpha value is -0.380. The highest BCUT2D eigenvalue weighted by atomic mass is 16.6. The molecule has 4 aliphatic carbocycles. The molecule has 2 heterocycles. The van der Waals surface area contributed by atoms with E-state index >= 15 is 0 Å². The molecule has 1 N–H and O–H groups in total. The van der Waals surface area contributed by atoms with E-state index in [9.17, 15) is 5.11 Å². The van der Waals surface area contributed by atoms with Crippen LogP contribution in [0.1, 0.15) is 91.9 Å². The van der Waals surface area contributed by atoms with Crippen molar-refractivity contribution in [3.63, 3.8) is 0 Å². The smallest absolute Gasteiger partial charge is 0.117 e. The molecule has 3 nitrogen and oxygen atoms in total. The Morgan fingerprint density at radius 3 is 2.55 bits per heavy atom. The molecule has 1 spiro atoms. The number of hydrogen-bond donors (Lipinski definition) is 1. The van der Waals surface area contributed by atoms with Gasteiger partial charge in [0.2, 0.25) is 0 Å². The lowest BCUT2D eigenvalue weighted by molar-refractivity contribution is -0.322. The summed E-state index contributed by atoms with van der Waals surface area (Å²) >= 11 is 0. The molecule has 0 aromatic heterocycles. The fourth-order valence-corrected chi connectivity index (χ4v) is 9.66. The zero-order valence-electron chi connectivity index (χ0n) is 20.3. The van der Waals surface area contributed by atoms with E-state index in [2.05, 4.69) is 33.8 Å². The van der Waals surface area contributed by atoms with Gasteiger partial charge in [-0.25, -0.2) is 0 Å². The standard InChI is InChI=1S/C28H44O3/c1-5-27(29)13-12-25(3)19(14-27)6-7-20-22-9-8-21(26(22,4)11-10-23(20)25)18(2)24-15-28(31-24)16-30-17-28/h6,18,20-24,29H,5,7-17H2,1-4H3/t18-,20-,21+,22-,23-,24+,25-,26+,27-/m0/s1. The molecule has 6 aliphatic rings. The van der Waals surface area contributed by atoms with Crippen molar-refractivity contribution in [3.05, 3.63) is 11.6 Å². The molecule has 3 saturated carbocycles. The third-order valence-corrected chi connectivity index (χ3v) is 11.9. The fourth-order valence-electron chi connectivity index (χ4n) is 9.66. The Morgan fingerprint density at radius 1 is 1.10 bits per heavy atom. The van der Waals surface area contributed by atoms with Crippen LogP contribution in [0.5, 0.6) is 0 Å². The number of fused-ring (bicyclic) bond motifs is 5. The number of hydrogen-bond acceptors (Lipinski definition) is 3. The Balaban J connectivity index is 1.21. The lowest BCUT2D eigenvalue weighted by Gasteiger charge is -2.60. The second-order valence-electron chi connectivity index (χ2n) is 13.1. The summed E-state index contributed by atoms with van der Waals surface area (Å²) in [5.41, 5.74) is 2.09. The Labute approximate surface area is 189 Å². The molecule has 6 rings (SSSR count). The first-order valence-corrected chi connectivity index (χ1v) is 13.4. The molecule has 174 valence electrons. The van der Waals surface area contributed by atoms with Crippen LogP contribution in [-0.4, -0.2) is 35.6 Å². The van der Waals surface area contributed by atoms with Crippen LogP contribution in [0.25, 0.3) is 0 Å². The van der Waals surface area contributed by atoms with E-state index in [4.69, 9.17) is 9.47 Å². The maximum absolute atomic E-state index is 11.0. The second-order valence-corrected chi connectivity index (χ2v) is 13.1. The first kappa shape index (κ1) is 21.2. The van der Waals surface area contributed by atoms with Gasteiger partial charge in [0.05, 0.1) is 24.9 Å². The Morgan fingerprint density at radius 2 is 1.87 bits per heavy atom. The second kappa shape index (κ2) is 6.83. The van der Waals surface area contributed by atoms with Crippen molar-refractivity contribution in [2.45, 2.75) is 109 Å². The molecule has 0 unspecified atom stereocenters. The van der Waals surface area contributed by atoms with Crippen molar-refractivity contribution in [1.82, 2.24) is 0 Å². The quantitative estimate of drug-likeness (QED) is 0.569. The van der Waals surface area contributed by atoms with Gasteiger partial charge in [-0.05, 0) is 98.2 Å². The molecule has 5 fully saturated rings. The van der Waals surface area contributed by atoms with Crippen LogP contribution in [-0.2, 0) is 9.47 Å². The highest BCUT2D eigenvalue weighted by Crippen LogP contribution is 2.68. The zero-order valence-corrected chi connectivity index (χ0v) is 20.3. The van der Waals surface area contributed by atoms with Crippen molar-refractivity contribution < 1.29 is 14.6 Å². The number of aliphatic hydroxyl groups is 1. The van der Waals surface area contributed by atoms with Gasteiger partial charge in [0.1, 0.15) is 5.60 Å². The lowest BCUT2D eigenvalue weighted by atomic mass is 9.46. The van der Waals surface area contributed by atoms with Crippen LogP contribution < -0.4 is 0 Å². The maximum Gasteiger partial charge on any atom is 0.117 e. The van der Waals surface area contributed by atoms with Gasteiger partial charge in [0.15, 0.2) is 0 Å². The Bertz CT molecular complexity index is 762. The molecular formula is C28H44O3. The number of rotatable bonds is 3. The van der Waals surface area contributed by atoms with Gasteiger partial charge in [0, 0.05) is 6.42 Å². The average molecular weight is 429 g/mol. The fraction of sp³-hybridized carbons (Fsp3) is 0.929. The minimum absolute atomic E-state index is 0.107. The summed E-state index contributed by atoms with van der Waals surface area (Å²) in [6.07, 6.45) is 15.2. The van der Waals surface area contributed by atoms with Crippen LogP contribution in [0.3, 0.4) is 0 Å². The SMILES string of the molecule is CC[C@]1(O)CC[C@@]2(C)C(=CC[C@H]3[C@@H]4CC[C@H]([C@H](C)[C@H]5CC6(COC6)O5)[C@@]4(C)CC[C@@H]32)C1. The van der Waals surface area contributed by atoms with E-state index < -0.39 is 5.60 Å². The molecule has 0 amide bonds. The minimum atomic E-state index is -0.444. The third kappa shape index (κ3) is 2.88. The summed E-state index contributed by atoms with van der Waals surface area (Å²) in [7, 11) is 0. The largest absolute Gasteiger partial charge is 0.390 e. The average Bonchev–Trinajstić information content (AvgIpc) is 3.03. The maximum atomic E-state index is 11.0. The first-order valence-electron chi connectivity index (χ1n) is 13.4. The van der Waals surface area contributed by atoms with Crippen molar-refractivity contribution in [3.8, 4) is 0 Å². The molecule has 0 aromatic rings. The van der Waals surface area contributed by atoms with Gasteiger partial charge < -0.3 is 14.6 Å². The van der Waals surface area contributed by atoms with Crippen LogP contribution in [0.15, 0.2) is 11.6 Å². The zero-order chi connectivity index (χ0) is 21.6. The number of ether oxygens (including phenoxy) is 2. The molecular weight excluding hydrogens is 384 g/mol. The van der Waals surface area contributed by atoms with Crippen molar-refractivity contribution >= 4 is 0 Å². The van der Waals surface area contributed by atoms with Crippen LogP contribution >= 0.6 is 0 Å². The predicted octanol–water partition coefficient (Wildman–Crippen LogP) is 5.90. The van der Waals surface area contributed by atoms with Gasteiger partial charge in [-0.3, -0.25) is 0 Å². The van der Waals surface area contributed by atoms with E-state index in [0.29, 0.717) is 22.9 Å². The summed E-state index contributed by atoms with van der Waals surface area (Å²) in [4.78, 5) is 0. The first-order chi connectivity index (χ1) is 14.7. The molecule has 3 heteroatoms. The summed E-state index contributed by atoms with van der Waals surface area (Å²) < 4.78 is 11.9. The van der Waals surface area contributed by atoms with Gasteiger partial charge in [-0.2, -0.15) is 0 Å².